The maximum Gasteiger partial charge on any atom is 0.333 e. The average molecular weight is 521 g/mol. The van der Waals surface area contributed by atoms with Gasteiger partial charge in [-0.05, 0) is 19.3 Å². The molecule has 0 aromatic carbocycles. The van der Waals surface area contributed by atoms with Gasteiger partial charge >= 0.3 is 5.97 Å². The van der Waals surface area contributed by atoms with E-state index in [1.807, 2.05) is 0 Å². The highest BCUT2D eigenvalue weighted by Gasteiger charge is 2.08. The molecule has 0 radical (unpaired) electrons. The van der Waals surface area contributed by atoms with Gasteiger partial charge < -0.3 is 4.74 Å². The van der Waals surface area contributed by atoms with E-state index in [4.69, 9.17) is 4.74 Å². The van der Waals surface area contributed by atoms with Crippen molar-refractivity contribution in [1.29, 1.82) is 0 Å². The number of carbonyl (C=O) groups is 1. The summed E-state index contributed by atoms with van der Waals surface area (Å²) in [5.41, 5.74) is 0.670. The van der Waals surface area contributed by atoms with Crippen molar-refractivity contribution in [1.82, 2.24) is 0 Å². The smallest absolute Gasteiger partial charge is 0.333 e. The average Bonchev–Trinajstić information content (AvgIpc) is 2.90. The second-order valence-electron chi connectivity index (χ2n) is 11.7. The molecule has 0 N–H and O–H groups in total. The van der Waals surface area contributed by atoms with Crippen LogP contribution in [0.2, 0.25) is 0 Å². The molecule has 0 aliphatic carbocycles. The van der Waals surface area contributed by atoms with E-state index in [0.29, 0.717) is 12.2 Å². The lowest BCUT2D eigenvalue weighted by Gasteiger charge is -2.07. The molecule has 0 heterocycles. The molecule has 0 spiro atoms. The van der Waals surface area contributed by atoms with E-state index < -0.39 is 0 Å². The van der Waals surface area contributed by atoms with Crippen molar-refractivity contribution in [2.75, 3.05) is 6.61 Å². The predicted molar refractivity (Wildman–Crippen MR) is 165 cm³/mol. The SMILES string of the molecule is C=C(CCCCCCCCCCCCCC)C(=O)OCCCCCCCCCCCCCCCCCC. The van der Waals surface area contributed by atoms with Gasteiger partial charge in [-0.3, -0.25) is 0 Å². The molecule has 0 aliphatic heterocycles. The summed E-state index contributed by atoms with van der Waals surface area (Å²) in [6.45, 7) is 9.10. The number of ether oxygens (including phenoxy) is 1. The lowest BCUT2D eigenvalue weighted by molar-refractivity contribution is -0.139. The Balaban J connectivity index is 3.27. The molecule has 0 atom stereocenters. The molecule has 0 fully saturated rings. The van der Waals surface area contributed by atoms with E-state index in [0.717, 1.165) is 19.3 Å². The molecule has 0 saturated heterocycles. The molecule has 0 saturated carbocycles. The summed E-state index contributed by atoms with van der Waals surface area (Å²) in [5.74, 6) is -0.163. The van der Waals surface area contributed by atoms with Crippen LogP contribution < -0.4 is 0 Å². The van der Waals surface area contributed by atoms with Crippen molar-refractivity contribution >= 4 is 5.97 Å². The van der Waals surface area contributed by atoms with Gasteiger partial charge in [0, 0.05) is 5.57 Å². The quantitative estimate of drug-likeness (QED) is 0.0516. The first kappa shape index (κ1) is 36.2. The third kappa shape index (κ3) is 29.6. The first-order valence-corrected chi connectivity index (χ1v) is 17.1. The Morgan fingerprint density at radius 2 is 0.703 bits per heavy atom. The number of rotatable bonds is 31. The molecule has 0 unspecified atom stereocenters. The maximum absolute atomic E-state index is 12.1. The standard InChI is InChI=1S/C35H68O2/c1-4-6-8-10-12-14-16-18-19-20-21-23-25-27-29-31-33-37-35(36)34(3)32-30-28-26-24-22-17-15-13-11-9-7-5-2/h3-33H2,1-2H3. The summed E-state index contributed by atoms with van der Waals surface area (Å²) in [6.07, 6.45) is 38.7. The molecule has 0 amide bonds. The van der Waals surface area contributed by atoms with Crippen LogP contribution in [0.25, 0.3) is 0 Å². The van der Waals surface area contributed by atoms with Gasteiger partial charge in [0.15, 0.2) is 0 Å². The van der Waals surface area contributed by atoms with Gasteiger partial charge in [-0.25, -0.2) is 4.79 Å². The highest BCUT2D eigenvalue weighted by molar-refractivity contribution is 5.87. The van der Waals surface area contributed by atoms with Crippen LogP contribution in [0.15, 0.2) is 12.2 Å². The first-order valence-electron chi connectivity index (χ1n) is 17.1. The van der Waals surface area contributed by atoms with Crippen LogP contribution in [-0.4, -0.2) is 12.6 Å². The van der Waals surface area contributed by atoms with Crippen LogP contribution in [0.3, 0.4) is 0 Å². The second-order valence-corrected chi connectivity index (χ2v) is 11.7. The summed E-state index contributed by atoms with van der Waals surface area (Å²) in [7, 11) is 0. The number of hydrogen-bond acceptors (Lipinski definition) is 2. The molecule has 0 aromatic heterocycles. The van der Waals surface area contributed by atoms with Crippen LogP contribution in [0.1, 0.15) is 200 Å². The molecule has 0 bridgehead atoms. The van der Waals surface area contributed by atoms with Crippen LogP contribution in [-0.2, 0) is 9.53 Å². The van der Waals surface area contributed by atoms with Gasteiger partial charge in [0.25, 0.3) is 0 Å². The number of esters is 1. The van der Waals surface area contributed by atoms with Gasteiger partial charge in [0.2, 0.25) is 0 Å². The molecule has 2 nitrogen and oxygen atoms in total. The zero-order valence-electron chi connectivity index (χ0n) is 25.7. The van der Waals surface area contributed by atoms with Crippen molar-refractivity contribution in [3.8, 4) is 0 Å². The van der Waals surface area contributed by atoms with Gasteiger partial charge in [0.1, 0.15) is 0 Å². The van der Waals surface area contributed by atoms with Gasteiger partial charge in [-0.15, -0.1) is 0 Å². The van der Waals surface area contributed by atoms with Gasteiger partial charge in [0.05, 0.1) is 6.61 Å². The highest BCUT2D eigenvalue weighted by atomic mass is 16.5. The fourth-order valence-electron chi connectivity index (χ4n) is 5.20. The Hall–Kier alpha value is -0.790. The van der Waals surface area contributed by atoms with Gasteiger partial charge in [-0.2, -0.15) is 0 Å². The molecular weight excluding hydrogens is 452 g/mol. The number of hydrogen-bond donors (Lipinski definition) is 0. The third-order valence-electron chi connectivity index (χ3n) is 7.85. The van der Waals surface area contributed by atoms with E-state index in [-0.39, 0.29) is 5.97 Å². The van der Waals surface area contributed by atoms with E-state index in [1.165, 1.54) is 167 Å². The summed E-state index contributed by atoms with van der Waals surface area (Å²) in [4.78, 5) is 12.1. The topological polar surface area (TPSA) is 26.3 Å². The number of carbonyl (C=O) groups excluding carboxylic acids is 1. The molecule has 0 aromatic rings. The van der Waals surface area contributed by atoms with Crippen LogP contribution >= 0.6 is 0 Å². The minimum atomic E-state index is -0.163. The largest absolute Gasteiger partial charge is 0.462 e. The lowest BCUT2D eigenvalue weighted by atomic mass is 10.0. The van der Waals surface area contributed by atoms with Crippen LogP contribution in [0.5, 0.6) is 0 Å². The third-order valence-corrected chi connectivity index (χ3v) is 7.85. The lowest BCUT2D eigenvalue weighted by Crippen LogP contribution is -2.08. The fourth-order valence-corrected chi connectivity index (χ4v) is 5.20. The van der Waals surface area contributed by atoms with Crippen molar-refractivity contribution < 1.29 is 9.53 Å². The molecule has 0 aliphatic rings. The Kier molecular flexibility index (Phi) is 30.8. The highest BCUT2D eigenvalue weighted by Crippen LogP contribution is 2.16. The monoisotopic (exact) mass is 521 g/mol. The molecular formula is C35H68O2. The summed E-state index contributed by atoms with van der Waals surface area (Å²) in [5, 5.41) is 0. The van der Waals surface area contributed by atoms with Crippen molar-refractivity contribution in [2.45, 2.75) is 200 Å². The Morgan fingerprint density at radius 1 is 0.432 bits per heavy atom. The molecule has 37 heavy (non-hydrogen) atoms. The Morgan fingerprint density at radius 3 is 1.03 bits per heavy atom. The Labute approximate surface area is 234 Å². The molecule has 2 heteroatoms. The number of unbranched alkanes of at least 4 members (excludes halogenated alkanes) is 26. The van der Waals surface area contributed by atoms with Gasteiger partial charge in [-0.1, -0.05) is 187 Å². The van der Waals surface area contributed by atoms with Crippen molar-refractivity contribution in [2.24, 2.45) is 0 Å². The Bertz CT molecular complexity index is 470. The normalized spacial score (nSPS) is 11.2. The zero-order valence-corrected chi connectivity index (χ0v) is 25.7. The minimum absolute atomic E-state index is 0.163. The molecule has 220 valence electrons. The zero-order chi connectivity index (χ0) is 27.1. The van der Waals surface area contributed by atoms with Crippen molar-refractivity contribution in [3.63, 3.8) is 0 Å². The minimum Gasteiger partial charge on any atom is -0.462 e. The van der Waals surface area contributed by atoms with E-state index >= 15 is 0 Å². The summed E-state index contributed by atoms with van der Waals surface area (Å²) >= 11 is 0. The fraction of sp³-hybridized carbons (Fsp3) is 0.914. The summed E-state index contributed by atoms with van der Waals surface area (Å²) in [6, 6.07) is 0. The van der Waals surface area contributed by atoms with E-state index in [2.05, 4.69) is 20.4 Å². The second kappa shape index (κ2) is 31.4. The maximum atomic E-state index is 12.1. The molecule has 0 rings (SSSR count). The van der Waals surface area contributed by atoms with Crippen LogP contribution in [0, 0.1) is 0 Å². The predicted octanol–water partition coefficient (Wildman–Crippen LogP) is 12.4. The van der Waals surface area contributed by atoms with Crippen molar-refractivity contribution in [3.05, 3.63) is 12.2 Å². The van der Waals surface area contributed by atoms with Crippen LogP contribution in [0.4, 0.5) is 0 Å². The first-order chi connectivity index (χ1) is 18.2. The summed E-state index contributed by atoms with van der Waals surface area (Å²) < 4.78 is 5.44. The van der Waals surface area contributed by atoms with E-state index in [1.54, 1.807) is 0 Å². The van der Waals surface area contributed by atoms with E-state index in [9.17, 15) is 4.79 Å².